The smallest absolute Gasteiger partial charge is 0.332 e. The maximum Gasteiger partial charge on any atom is 0.332 e. The van der Waals surface area contributed by atoms with Gasteiger partial charge in [-0.15, -0.1) is 11.6 Å². The number of carbonyl (C=O) groups excluding carboxylic acids is 1. The van der Waals surface area contributed by atoms with Crippen molar-refractivity contribution < 1.29 is 19.0 Å². The molecule has 0 amide bonds. The Labute approximate surface area is 135 Å². The van der Waals surface area contributed by atoms with Gasteiger partial charge < -0.3 is 14.2 Å². The van der Waals surface area contributed by atoms with E-state index < -0.39 is 11.5 Å². The van der Waals surface area contributed by atoms with E-state index >= 15 is 0 Å². The second-order valence-corrected chi connectivity index (χ2v) is 5.30. The Kier molecular flexibility index (Phi) is 5.53. The van der Waals surface area contributed by atoms with E-state index in [-0.39, 0.29) is 5.88 Å². The minimum absolute atomic E-state index is 0.0895. The molecule has 122 valence electrons. The third kappa shape index (κ3) is 2.88. The monoisotopic (exact) mass is 327 g/mol. The molecule has 0 saturated carbocycles. The van der Waals surface area contributed by atoms with E-state index in [0.717, 1.165) is 17.5 Å². The lowest BCUT2D eigenvalue weighted by atomic mass is 9.83. The van der Waals surface area contributed by atoms with Crippen LogP contribution in [0.4, 0.5) is 0 Å². The highest BCUT2D eigenvalue weighted by Gasteiger charge is 2.44. The molecule has 6 heteroatoms. The van der Waals surface area contributed by atoms with Crippen molar-refractivity contribution in [3.8, 4) is 11.5 Å². The Morgan fingerprint density at radius 2 is 1.91 bits per heavy atom. The van der Waals surface area contributed by atoms with E-state index in [1.165, 1.54) is 7.11 Å². The van der Waals surface area contributed by atoms with Gasteiger partial charge in [-0.3, -0.25) is 5.32 Å². The summed E-state index contributed by atoms with van der Waals surface area (Å²) in [5.74, 6) is 1.00. The fourth-order valence-electron chi connectivity index (χ4n) is 2.78. The number of alkyl halides is 1. The number of methoxy groups -OCH3 is 1. The number of rotatable bonds is 6. The Morgan fingerprint density at radius 3 is 2.45 bits per heavy atom. The number of ether oxygens (including phenoxy) is 3. The number of esters is 1. The van der Waals surface area contributed by atoms with Crippen molar-refractivity contribution in [3.63, 3.8) is 0 Å². The van der Waals surface area contributed by atoms with Crippen molar-refractivity contribution in [1.29, 1.82) is 0 Å². The number of benzene rings is 1. The SMILES string of the molecule is CCOc1cc2c(cc1OCC)C(CCl)(C(=O)OC)NCC2. The molecule has 0 aromatic heterocycles. The van der Waals surface area contributed by atoms with Gasteiger partial charge in [0, 0.05) is 6.54 Å². The Morgan fingerprint density at radius 1 is 1.27 bits per heavy atom. The van der Waals surface area contributed by atoms with Crippen LogP contribution in [0.2, 0.25) is 0 Å². The summed E-state index contributed by atoms with van der Waals surface area (Å²) in [6, 6.07) is 3.78. The highest BCUT2D eigenvalue weighted by molar-refractivity contribution is 6.20. The minimum atomic E-state index is -1.04. The van der Waals surface area contributed by atoms with Crippen LogP contribution in [0.15, 0.2) is 12.1 Å². The summed E-state index contributed by atoms with van der Waals surface area (Å²) >= 11 is 6.13. The van der Waals surface area contributed by atoms with Gasteiger partial charge >= 0.3 is 5.97 Å². The molecule has 0 spiro atoms. The van der Waals surface area contributed by atoms with E-state index in [9.17, 15) is 4.79 Å². The number of halogens is 1. The summed E-state index contributed by atoms with van der Waals surface area (Å²) in [6.45, 7) is 5.54. The summed E-state index contributed by atoms with van der Waals surface area (Å²) in [7, 11) is 1.37. The van der Waals surface area contributed by atoms with Crippen molar-refractivity contribution in [1.82, 2.24) is 5.32 Å². The minimum Gasteiger partial charge on any atom is -0.490 e. The molecule has 0 radical (unpaired) electrons. The van der Waals surface area contributed by atoms with Crippen LogP contribution >= 0.6 is 11.6 Å². The molecule has 1 aromatic rings. The summed E-state index contributed by atoms with van der Waals surface area (Å²) in [5, 5.41) is 3.21. The summed E-state index contributed by atoms with van der Waals surface area (Å²) in [5.41, 5.74) is 0.782. The van der Waals surface area contributed by atoms with Gasteiger partial charge in [-0.2, -0.15) is 0 Å². The fourth-order valence-corrected chi connectivity index (χ4v) is 3.13. The normalized spacial score (nSPS) is 20.2. The van der Waals surface area contributed by atoms with Crippen LogP contribution in [0.3, 0.4) is 0 Å². The molecule has 1 heterocycles. The first-order valence-electron chi connectivity index (χ1n) is 7.45. The zero-order valence-corrected chi connectivity index (χ0v) is 14.0. The van der Waals surface area contributed by atoms with Crippen molar-refractivity contribution in [2.24, 2.45) is 0 Å². The van der Waals surface area contributed by atoms with Crippen LogP contribution in [-0.4, -0.2) is 38.7 Å². The Bertz CT molecular complexity index is 549. The molecule has 0 aliphatic carbocycles. The van der Waals surface area contributed by atoms with E-state index in [0.29, 0.717) is 31.3 Å². The molecule has 5 nitrogen and oxygen atoms in total. The number of fused-ring (bicyclic) bond motifs is 1. The Balaban J connectivity index is 2.58. The second-order valence-electron chi connectivity index (χ2n) is 5.03. The molecule has 2 rings (SSSR count). The van der Waals surface area contributed by atoms with Crippen LogP contribution in [0.1, 0.15) is 25.0 Å². The lowest BCUT2D eigenvalue weighted by molar-refractivity contribution is -0.148. The topological polar surface area (TPSA) is 56.8 Å². The first-order chi connectivity index (χ1) is 10.6. The lowest BCUT2D eigenvalue weighted by Crippen LogP contribution is -2.55. The maximum atomic E-state index is 12.3. The molecule has 1 aliphatic heterocycles. The van der Waals surface area contributed by atoms with Crippen molar-refractivity contribution >= 4 is 17.6 Å². The van der Waals surface area contributed by atoms with Crippen molar-refractivity contribution in [3.05, 3.63) is 23.3 Å². The zero-order valence-electron chi connectivity index (χ0n) is 13.2. The number of carbonyl (C=O) groups is 1. The molecule has 1 aromatic carbocycles. The average Bonchev–Trinajstić information content (AvgIpc) is 2.54. The molecule has 0 fully saturated rings. The fraction of sp³-hybridized carbons (Fsp3) is 0.562. The van der Waals surface area contributed by atoms with Gasteiger partial charge in [-0.25, -0.2) is 4.79 Å². The van der Waals surface area contributed by atoms with Gasteiger partial charge in [0.15, 0.2) is 17.0 Å². The maximum absolute atomic E-state index is 12.3. The molecule has 1 unspecified atom stereocenters. The highest BCUT2D eigenvalue weighted by Crippen LogP contribution is 2.39. The van der Waals surface area contributed by atoms with Crippen LogP contribution < -0.4 is 14.8 Å². The molecular weight excluding hydrogens is 306 g/mol. The zero-order chi connectivity index (χ0) is 16.2. The highest BCUT2D eigenvalue weighted by atomic mass is 35.5. The number of nitrogens with one attached hydrogen (secondary N) is 1. The number of hydrogen-bond acceptors (Lipinski definition) is 5. The van der Waals surface area contributed by atoms with Gasteiger partial charge in [0.25, 0.3) is 0 Å². The molecule has 1 atom stereocenters. The molecule has 1 N–H and O–H groups in total. The van der Waals surface area contributed by atoms with E-state index in [2.05, 4.69) is 5.32 Å². The predicted octanol–water partition coefficient (Wildman–Crippen LogP) is 2.24. The molecular formula is C16H22ClNO4. The summed E-state index contributed by atoms with van der Waals surface area (Å²) in [4.78, 5) is 12.3. The van der Waals surface area contributed by atoms with Crippen LogP contribution in [0.5, 0.6) is 11.5 Å². The van der Waals surface area contributed by atoms with Gasteiger partial charge in [0.1, 0.15) is 0 Å². The molecule has 1 aliphatic rings. The molecule has 0 bridgehead atoms. The first kappa shape index (κ1) is 16.9. The third-order valence-corrected chi connectivity index (χ3v) is 4.19. The quantitative estimate of drug-likeness (QED) is 0.641. The van der Waals surface area contributed by atoms with E-state index in [1.54, 1.807) is 0 Å². The Hall–Kier alpha value is -1.46. The first-order valence-corrected chi connectivity index (χ1v) is 7.98. The second kappa shape index (κ2) is 7.20. The van der Waals surface area contributed by atoms with Gasteiger partial charge in [-0.05, 0) is 43.5 Å². The predicted molar refractivity (Wildman–Crippen MR) is 84.9 cm³/mol. The van der Waals surface area contributed by atoms with E-state index in [1.807, 2.05) is 26.0 Å². The summed E-state index contributed by atoms with van der Waals surface area (Å²) in [6.07, 6.45) is 0.789. The van der Waals surface area contributed by atoms with Crippen molar-refractivity contribution in [2.45, 2.75) is 25.8 Å². The molecule has 22 heavy (non-hydrogen) atoms. The van der Waals surface area contributed by atoms with E-state index in [4.69, 9.17) is 25.8 Å². The van der Waals surface area contributed by atoms with Gasteiger partial charge in [-0.1, -0.05) is 0 Å². The van der Waals surface area contributed by atoms with Crippen molar-refractivity contribution in [2.75, 3.05) is 32.7 Å². The average molecular weight is 328 g/mol. The standard InChI is InChI=1S/C16H22ClNO4/c1-4-21-13-8-11-6-7-18-16(10-17,15(19)20-3)12(11)9-14(13)22-5-2/h8-9,18H,4-7,10H2,1-3H3. The van der Waals surface area contributed by atoms with Crippen LogP contribution in [-0.2, 0) is 21.5 Å². The third-order valence-electron chi connectivity index (χ3n) is 3.78. The lowest BCUT2D eigenvalue weighted by Gasteiger charge is -2.36. The largest absolute Gasteiger partial charge is 0.490 e. The van der Waals surface area contributed by atoms with Gasteiger partial charge in [0.05, 0.1) is 26.2 Å². The summed E-state index contributed by atoms with van der Waals surface area (Å²) < 4.78 is 16.3. The van der Waals surface area contributed by atoms with Gasteiger partial charge in [0.2, 0.25) is 0 Å². The van der Waals surface area contributed by atoms with Crippen LogP contribution in [0, 0.1) is 0 Å². The molecule has 0 saturated heterocycles. The van der Waals surface area contributed by atoms with Crippen LogP contribution in [0.25, 0.3) is 0 Å². The number of hydrogen-bond donors (Lipinski definition) is 1.